The topological polar surface area (TPSA) is 55.4 Å². The third kappa shape index (κ3) is 2.02. The molecule has 0 spiro atoms. The van der Waals surface area contributed by atoms with Crippen molar-refractivity contribution in [2.24, 2.45) is 0 Å². The smallest absolute Gasteiger partial charge is 0.268 e. The van der Waals surface area contributed by atoms with E-state index < -0.39 is 5.60 Å². The van der Waals surface area contributed by atoms with Crippen LogP contribution in [0.25, 0.3) is 0 Å². The molecule has 4 heteroatoms. The molecule has 4 nitrogen and oxygen atoms in total. The molecule has 0 unspecified atom stereocenters. The van der Waals surface area contributed by atoms with Gasteiger partial charge in [-0.15, -0.1) is 0 Å². The molecular formula is C13H15NO3. The highest BCUT2D eigenvalue weighted by Crippen LogP contribution is 2.34. The summed E-state index contributed by atoms with van der Waals surface area (Å²) in [5, 5.41) is 2.76. The largest absolute Gasteiger partial charge is 0.476 e. The molecule has 1 aliphatic rings. The van der Waals surface area contributed by atoms with Crippen LogP contribution in [-0.2, 0) is 4.79 Å². The lowest BCUT2D eigenvalue weighted by Crippen LogP contribution is -2.45. The van der Waals surface area contributed by atoms with Crippen molar-refractivity contribution in [1.29, 1.82) is 0 Å². The number of fused-ring (bicyclic) bond motifs is 1. The lowest BCUT2D eigenvalue weighted by molar-refractivity contribution is -0.129. The zero-order chi connectivity index (χ0) is 12.6. The Labute approximate surface area is 100.0 Å². The third-order valence-corrected chi connectivity index (χ3v) is 2.78. The number of anilines is 1. The van der Waals surface area contributed by atoms with Crippen molar-refractivity contribution < 1.29 is 14.3 Å². The second kappa shape index (κ2) is 3.87. The van der Waals surface area contributed by atoms with Crippen molar-refractivity contribution in [3.05, 3.63) is 23.8 Å². The molecule has 90 valence electrons. The normalized spacial score (nSPS) is 16.8. The van der Waals surface area contributed by atoms with Crippen molar-refractivity contribution in [2.45, 2.75) is 32.8 Å². The molecule has 2 rings (SSSR count). The van der Waals surface area contributed by atoms with Gasteiger partial charge >= 0.3 is 0 Å². The Kier molecular flexibility index (Phi) is 2.65. The number of ether oxygens (including phenoxy) is 1. The number of rotatable bonds is 2. The highest BCUT2D eigenvalue weighted by Gasteiger charge is 2.35. The van der Waals surface area contributed by atoms with Crippen molar-refractivity contribution in [2.75, 3.05) is 5.32 Å². The maximum absolute atomic E-state index is 11.7. The average molecular weight is 233 g/mol. The lowest BCUT2D eigenvalue weighted by Gasteiger charge is -2.31. The zero-order valence-corrected chi connectivity index (χ0v) is 10.2. The molecule has 1 heterocycles. The summed E-state index contributed by atoms with van der Waals surface area (Å²) in [5.41, 5.74) is 0.320. The number of hydrogen-bond acceptors (Lipinski definition) is 3. The van der Waals surface area contributed by atoms with E-state index in [1.54, 1.807) is 32.0 Å². The van der Waals surface area contributed by atoms with Crippen molar-refractivity contribution >= 4 is 17.4 Å². The van der Waals surface area contributed by atoms with Gasteiger partial charge in [0.2, 0.25) is 0 Å². The third-order valence-electron chi connectivity index (χ3n) is 2.78. The fourth-order valence-electron chi connectivity index (χ4n) is 1.68. The first-order valence-corrected chi connectivity index (χ1v) is 5.62. The van der Waals surface area contributed by atoms with Crippen molar-refractivity contribution in [3.63, 3.8) is 0 Å². The highest BCUT2D eigenvalue weighted by atomic mass is 16.5. The van der Waals surface area contributed by atoms with Crippen LogP contribution in [0, 0.1) is 0 Å². The van der Waals surface area contributed by atoms with E-state index in [-0.39, 0.29) is 11.7 Å². The second-order valence-corrected chi connectivity index (χ2v) is 4.55. The zero-order valence-electron chi connectivity index (χ0n) is 10.2. The van der Waals surface area contributed by atoms with E-state index in [4.69, 9.17) is 4.74 Å². The number of Topliss-reactive ketones (excluding diaryl/α,β-unsaturated/α-hetero) is 1. The second-order valence-electron chi connectivity index (χ2n) is 4.55. The molecule has 1 aromatic rings. The molecule has 0 bridgehead atoms. The van der Waals surface area contributed by atoms with Gasteiger partial charge in [-0.3, -0.25) is 9.59 Å². The number of ketones is 1. The fourth-order valence-corrected chi connectivity index (χ4v) is 1.68. The SMILES string of the molecule is CCC(=O)c1ccc2c(c1)OC(C)(C)C(=O)N2. The van der Waals surface area contributed by atoms with Crippen LogP contribution in [0.4, 0.5) is 5.69 Å². The number of nitrogens with one attached hydrogen (secondary N) is 1. The van der Waals surface area contributed by atoms with E-state index in [1.807, 2.05) is 6.92 Å². The van der Waals surface area contributed by atoms with E-state index in [9.17, 15) is 9.59 Å². The molecule has 1 aromatic carbocycles. The monoisotopic (exact) mass is 233 g/mol. The molecule has 0 fully saturated rings. The Morgan fingerprint density at radius 1 is 1.41 bits per heavy atom. The van der Waals surface area contributed by atoms with Gasteiger partial charge in [0.15, 0.2) is 11.4 Å². The van der Waals surface area contributed by atoms with Gasteiger partial charge in [0.25, 0.3) is 5.91 Å². The summed E-state index contributed by atoms with van der Waals surface area (Å²) in [7, 11) is 0. The molecule has 0 saturated carbocycles. The average Bonchev–Trinajstić information content (AvgIpc) is 2.28. The van der Waals surface area contributed by atoms with Gasteiger partial charge in [0.1, 0.15) is 5.75 Å². The summed E-state index contributed by atoms with van der Waals surface area (Å²) < 4.78 is 5.60. The molecule has 1 N–H and O–H groups in total. The Bertz CT molecular complexity index is 491. The minimum absolute atomic E-state index is 0.0612. The molecule has 0 radical (unpaired) electrons. The van der Waals surface area contributed by atoms with Gasteiger partial charge < -0.3 is 10.1 Å². The summed E-state index contributed by atoms with van der Waals surface area (Å²) in [6.07, 6.45) is 0.453. The van der Waals surface area contributed by atoms with Crippen LogP contribution < -0.4 is 10.1 Å². The standard InChI is InChI=1S/C13H15NO3/c1-4-10(15)8-5-6-9-11(7-8)17-13(2,3)12(16)14-9/h5-7H,4H2,1-3H3,(H,14,16). The van der Waals surface area contributed by atoms with E-state index in [1.165, 1.54) is 0 Å². The van der Waals surface area contributed by atoms with Crippen LogP contribution in [0.3, 0.4) is 0 Å². The number of carbonyl (C=O) groups is 2. The number of hydrogen-bond donors (Lipinski definition) is 1. The van der Waals surface area contributed by atoms with Gasteiger partial charge in [-0.1, -0.05) is 6.92 Å². The first-order valence-electron chi connectivity index (χ1n) is 5.62. The highest BCUT2D eigenvalue weighted by molar-refractivity contribution is 6.02. The van der Waals surface area contributed by atoms with Gasteiger partial charge in [-0.05, 0) is 32.0 Å². The van der Waals surface area contributed by atoms with E-state index in [0.717, 1.165) is 0 Å². The fraction of sp³-hybridized carbons (Fsp3) is 0.385. The van der Waals surface area contributed by atoms with Gasteiger partial charge in [-0.25, -0.2) is 0 Å². The number of carbonyl (C=O) groups excluding carboxylic acids is 2. The maximum atomic E-state index is 11.7. The van der Waals surface area contributed by atoms with E-state index >= 15 is 0 Å². The van der Waals surface area contributed by atoms with Crippen LogP contribution in [0.1, 0.15) is 37.6 Å². The van der Waals surface area contributed by atoms with Crippen LogP contribution in [0.2, 0.25) is 0 Å². The van der Waals surface area contributed by atoms with Crippen molar-refractivity contribution in [3.8, 4) is 5.75 Å². The van der Waals surface area contributed by atoms with Gasteiger partial charge in [-0.2, -0.15) is 0 Å². The molecule has 0 aliphatic carbocycles. The Morgan fingerprint density at radius 2 is 2.12 bits per heavy atom. The molecule has 0 aromatic heterocycles. The first kappa shape index (κ1) is 11.6. The summed E-state index contributed by atoms with van der Waals surface area (Å²) >= 11 is 0. The Morgan fingerprint density at radius 3 is 2.76 bits per heavy atom. The molecule has 0 saturated heterocycles. The van der Waals surface area contributed by atoms with Crippen LogP contribution in [0.15, 0.2) is 18.2 Å². The molecule has 17 heavy (non-hydrogen) atoms. The summed E-state index contributed by atoms with van der Waals surface area (Å²) in [6.45, 7) is 5.20. The molecule has 1 aliphatic heterocycles. The van der Waals surface area contributed by atoms with Gasteiger partial charge in [0.05, 0.1) is 5.69 Å². The predicted octanol–water partition coefficient (Wildman–Crippen LogP) is 2.39. The summed E-state index contributed by atoms with van der Waals surface area (Å²) in [4.78, 5) is 23.2. The van der Waals surface area contributed by atoms with Crippen LogP contribution in [-0.4, -0.2) is 17.3 Å². The van der Waals surface area contributed by atoms with Gasteiger partial charge in [0, 0.05) is 12.0 Å². The molecule has 0 atom stereocenters. The predicted molar refractivity (Wildman–Crippen MR) is 64.4 cm³/mol. The lowest BCUT2D eigenvalue weighted by atomic mass is 10.0. The Balaban J connectivity index is 2.41. The quantitative estimate of drug-likeness (QED) is 0.798. The van der Waals surface area contributed by atoms with E-state index in [2.05, 4.69) is 5.32 Å². The molecule has 1 amide bonds. The summed E-state index contributed by atoms with van der Waals surface area (Å²) in [6, 6.07) is 5.08. The first-order chi connectivity index (χ1) is 7.94. The molecular weight excluding hydrogens is 218 g/mol. The Hall–Kier alpha value is -1.84. The van der Waals surface area contributed by atoms with Crippen molar-refractivity contribution in [1.82, 2.24) is 0 Å². The number of benzene rings is 1. The van der Waals surface area contributed by atoms with Crippen LogP contribution >= 0.6 is 0 Å². The van der Waals surface area contributed by atoms with E-state index in [0.29, 0.717) is 23.4 Å². The minimum Gasteiger partial charge on any atom is -0.476 e. The minimum atomic E-state index is -0.902. The maximum Gasteiger partial charge on any atom is 0.268 e. The number of amides is 1. The van der Waals surface area contributed by atoms with Crippen LogP contribution in [0.5, 0.6) is 5.75 Å². The summed E-state index contributed by atoms with van der Waals surface area (Å²) in [5.74, 6) is 0.430.